The Morgan fingerprint density at radius 1 is 1.20 bits per heavy atom. The Kier molecular flexibility index (Phi) is 6.79. The predicted octanol–water partition coefficient (Wildman–Crippen LogP) is 2.71. The molecule has 0 radical (unpaired) electrons. The van der Waals surface area contributed by atoms with Gasteiger partial charge in [0, 0.05) is 26.2 Å². The summed E-state index contributed by atoms with van der Waals surface area (Å²) in [7, 11) is 0. The summed E-state index contributed by atoms with van der Waals surface area (Å²) in [5.74, 6) is 0.565. The van der Waals surface area contributed by atoms with Gasteiger partial charge in [-0.3, -0.25) is 4.79 Å². The number of aryl methyl sites for hydroxylation is 2. The lowest BCUT2D eigenvalue weighted by Gasteiger charge is -2.29. The molecular formula is C19H25ClN4O. The Bertz CT molecular complexity index is 712. The van der Waals surface area contributed by atoms with Gasteiger partial charge in [0.25, 0.3) is 0 Å². The monoisotopic (exact) mass is 360 g/mol. The molecule has 134 valence electrons. The largest absolute Gasteiger partial charge is 0.368 e. The molecule has 1 aliphatic heterocycles. The van der Waals surface area contributed by atoms with E-state index in [-0.39, 0.29) is 18.3 Å². The highest BCUT2D eigenvalue weighted by atomic mass is 35.5. The maximum Gasteiger partial charge on any atom is 0.229 e. The molecule has 0 unspecified atom stereocenters. The van der Waals surface area contributed by atoms with Gasteiger partial charge < -0.3 is 15.5 Å². The molecule has 1 aromatic heterocycles. The molecule has 1 fully saturated rings. The Morgan fingerprint density at radius 3 is 2.64 bits per heavy atom. The van der Waals surface area contributed by atoms with Crippen LogP contribution in [0.15, 0.2) is 36.5 Å². The first kappa shape index (κ1) is 19.2. The zero-order chi connectivity index (χ0) is 16.9. The lowest BCUT2D eigenvalue weighted by atomic mass is 10.0. The van der Waals surface area contributed by atoms with E-state index < -0.39 is 0 Å². The summed E-state index contributed by atoms with van der Waals surface area (Å²) in [5.41, 5.74) is 4.47. The van der Waals surface area contributed by atoms with E-state index in [0.29, 0.717) is 12.2 Å². The summed E-state index contributed by atoms with van der Waals surface area (Å²) in [6.07, 6.45) is 2.20. The Balaban J connectivity index is 0.00000225. The van der Waals surface area contributed by atoms with Crippen LogP contribution in [0.4, 0.5) is 11.5 Å². The number of hydrogen-bond donors (Lipinski definition) is 2. The van der Waals surface area contributed by atoms with Crippen molar-refractivity contribution < 1.29 is 4.79 Å². The van der Waals surface area contributed by atoms with E-state index in [4.69, 9.17) is 0 Å². The second-order valence-electron chi connectivity index (χ2n) is 6.29. The molecule has 0 saturated carbocycles. The molecule has 1 saturated heterocycles. The van der Waals surface area contributed by atoms with Crippen LogP contribution >= 0.6 is 12.4 Å². The van der Waals surface area contributed by atoms with Crippen LogP contribution in [0.3, 0.4) is 0 Å². The van der Waals surface area contributed by atoms with Crippen molar-refractivity contribution in [3.63, 3.8) is 0 Å². The molecule has 1 amide bonds. The maximum atomic E-state index is 12.3. The number of pyridine rings is 1. The third-order valence-corrected chi connectivity index (χ3v) is 4.35. The molecule has 2 heterocycles. The fourth-order valence-corrected chi connectivity index (χ4v) is 2.92. The van der Waals surface area contributed by atoms with Gasteiger partial charge in [-0.1, -0.05) is 23.8 Å². The summed E-state index contributed by atoms with van der Waals surface area (Å²) in [4.78, 5) is 18.9. The van der Waals surface area contributed by atoms with Crippen LogP contribution in [-0.2, 0) is 11.2 Å². The van der Waals surface area contributed by atoms with Gasteiger partial charge in [-0.05, 0) is 37.1 Å². The molecule has 1 aliphatic rings. The fraction of sp³-hybridized carbons (Fsp3) is 0.368. The van der Waals surface area contributed by atoms with Gasteiger partial charge in [0.15, 0.2) is 0 Å². The van der Waals surface area contributed by atoms with Crippen LogP contribution in [0.5, 0.6) is 0 Å². The normalized spacial score (nSPS) is 13.9. The van der Waals surface area contributed by atoms with Crippen molar-refractivity contribution in [2.45, 2.75) is 20.3 Å². The number of hydrogen-bond acceptors (Lipinski definition) is 4. The Morgan fingerprint density at radius 2 is 1.96 bits per heavy atom. The number of amides is 1. The van der Waals surface area contributed by atoms with Gasteiger partial charge in [-0.25, -0.2) is 4.98 Å². The molecule has 3 rings (SSSR count). The highest BCUT2D eigenvalue weighted by molar-refractivity contribution is 5.91. The summed E-state index contributed by atoms with van der Waals surface area (Å²) in [6, 6.07) is 10.1. The van der Waals surface area contributed by atoms with Crippen molar-refractivity contribution in [2.75, 3.05) is 36.4 Å². The predicted molar refractivity (Wildman–Crippen MR) is 105 cm³/mol. The van der Waals surface area contributed by atoms with Crippen molar-refractivity contribution in [3.05, 3.63) is 53.2 Å². The number of piperazine rings is 1. The minimum atomic E-state index is -0.0360. The van der Waals surface area contributed by atoms with E-state index in [1.807, 2.05) is 32.2 Å². The van der Waals surface area contributed by atoms with Crippen LogP contribution < -0.4 is 15.5 Å². The lowest BCUT2D eigenvalue weighted by Crippen LogP contribution is -2.43. The van der Waals surface area contributed by atoms with Crippen molar-refractivity contribution in [1.82, 2.24) is 10.3 Å². The second-order valence-corrected chi connectivity index (χ2v) is 6.29. The molecular weight excluding hydrogens is 336 g/mol. The van der Waals surface area contributed by atoms with Gasteiger partial charge in [-0.2, -0.15) is 0 Å². The van der Waals surface area contributed by atoms with Crippen molar-refractivity contribution in [2.24, 2.45) is 0 Å². The molecule has 1 aromatic carbocycles. The summed E-state index contributed by atoms with van der Waals surface area (Å²) in [6.45, 7) is 8.03. The van der Waals surface area contributed by atoms with Crippen molar-refractivity contribution in [3.8, 4) is 0 Å². The maximum absolute atomic E-state index is 12.3. The third-order valence-electron chi connectivity index (χ3n) is 4.35. The minimum Gasteiger partial charge on any atom is -0.368 e. The molecule has 0 atom stereocenters. The van der Waals surface area contributed by atoms with E-state index in [0.717, 1.165) is 43.0 Å². The van der Waals surface area contributed by atoms with Gasteiger partial charge in [0.1, 0.15) is 5.82 Å². The summed E-state index contributed by atoms with van der Waals surface area (Å²) >= 11 is 0. The van der Waals surface area contributed by atoms with Gasteiger partial charge in [0.2, 0.25) is 5.91 Å². The van der Waals surface area contributed by atoms with Crippen LogP contribution in [-0.4, -0.2) is 37.1 Å². The van der Waals surface area contributed by atoms with Crippen LogP contribution in [0.1, 0.15) is 16.7 Å². The smallest absolute Gasteiger partial charge is 0.229 e. The molecule has 5 nitrogen and oxygen atoms in total. The highest BCUT2D eigenvalue weighted by Gasteiger charge is 2.11. The average molecular weight is 361 g/mol. The zero-order valence-electron chi connectivity index (χ0n) is 14.7. The van der Waals surface area contributed by atoms with Crippen LogP contribution in [0.25, 0.3) is 0 Å². The van der Waals surface area contributed by atoms with E-state index >= 15 is 0 Å². The number of benzene rings is 1. The van der Waals surface area contributed by atoms with Gasteiger partial charge >= 0.3 is 0 Å². The number of carbonyl (C=O) groups excluding carboxylic acids is 1. The number of halogens is 1. The topological polar surface area (TPSA) is 57.3 Å². The number of carbonyl (C=O) groups is 1. The number of aromatic nitrogens is 1. The Hall–Kier alpha value is -2.11. The molecule has 2 N–H and O–H groups in total. The van der Waals surface area contributed by atoms with E-state index in [2.05, 4.69) is 38.7 Å². The van der Waals surface area contributed by atoms with E-state index in [1.54, 1.807) is 0 Å². The molecule has 0 spiro atoms. The fourth-order valence-electron chi connectivity index (χ4n) is 2.92. The van der Waals surface area contributed by atoms with E-state index in [9.17, 15) is 4.79 Å². The van der Waals surface area contributed by atoms with E-state index in [1.165, 1.54) is 5.56 Å². The van der Waals surface area contributed by atoms with Crippen molar-refractivity contribution >= 4 is 29.8 Å². The third kappa shape index (κ3) is 5.18. The number of rotatable bonds is 4. The van der Waals surface area contributed by atoms with Gasteiger partial charge in [-0.15, -0.1) is 12.4 Å². The standard InChI is InChI=1S/C19H24N4O.ClH/c1-14-3-4-15(2)16(11-14)12-19(24)22-18-6-5-17(13-21-18)23-9-7-20-8-10-23;/h3-6,11,13,20H,7-10,12H2,1-2H3,(H,21,22,24);1H. The van der Waals surface area contributed by atoms with Gasteiger partial charge in [0.05, 0.1) is 18.3 Å². The lowest BCUT2D eigenvalue weighted by molar-refractivity contribution is -0.115. The molecule has 6 heteroatoms. The average Bonchev–Trinajstić information content (AvgIpc) is 2.59. The molecule has 2 aromatic rings. The second kappa shape index (κ2) is 8.83. The highest BCUT2D eigenvalue weighted by Crippen LogP contribution is 2.16. The first-order chi connectivity index (χ1) is 11.6. The van der Waals surface area contributed by atoms with Crippen molar-refractivity contribution in [1.29, 1.82) is 0 Å². The van der Waals surface area contributed by atoms with Crippen LogP contribution in [0.2, 0.25) is 0 Å². The minimum absolute atomic E-state index is 0. The SMILES string of the molecule is Cc1ccc(C)c(CC(=O)Nc2ccc(N3CCNCC3)cn2)c1.Cl. The molecule has 25 heavy (non-hydrogen) atoms. The molecule has 0 aliphatic carbocycles. The summed E-state index contributed by atoms with van der Waals surface area (Å²) < 4.78 is 0. The number of nitrogens with zero attached hydrogens (tertiary/aromatic N) is 2. The first-order valence-corrected chi connectivity index (χ1v) is 8.39. The first-order valence-electron chi connectivity index (χ1n) is 8.39. The molecule has 0 bridgehead atoms. The Labute approximate surface area is 155 Å². The number of nitrogens with one attached hydrogen (secondary N) is 2. The quantitative estimate of drug-likeness (QED) is 0.880. The number of anilines is 2. The van der Waals surface area contributed by atoms with Crippen LogP contribution in [0, 0.1) is 13.8 Å². The zero-order valence-corrected chi connectivity index (χ0v) is 15.5. The summed E-state index contributed by atoms with van der Waals surface area (Å²) in [5, 5.41) is 6.22.